The number of nitrogens with zero attached hydrogens (tertiary/aromatic N) is 1. The number of benzene rings is 2. The molecule has 1 saturated heterocycles. The summed E-state index contributed by atoms with van der Waals surface area (Å²) in [5.74, 6) is -0.120. The Balaban J connectivity index is 1.80. The van der Waals surface area contributed by atoms with E-state index in [1.54, 1.807) is 11.0 Å². The molecule has 0 aliphatic carbocycles. The summed E-state index contributed by atoms with van der Waals surface area (Å²) >= 11 is 0. The second-order valence-electron chi connectivity index (χ2n) is 7.29. The molecule has 2 amide bonds. The minimum Gasteiger partial charge on any atom is -0.339 e. The minimum absolute atomic E-state index is 0.205. The molecule has 29 heavy (non-hydrogen) atoms. The first-order valence-corrected chi connectivity index (χ1v) is 11.4. The molecule has 0 spiro atoms. The van der Waals surface area contributed by atoms with Crippen molar-refractivity contribution in [1.29, 1.82) is 0 Å². The zero-order chi connectivity index (χ0) is 21.0. The summed E-state index contributed by atoms with van der Waals surface area (Å²) in [5.41, 5.74) is 2.14. The summed E-state index contributed by atoms with van der Waals surface area (Å²) in [6, 6.07) is 14.8. The number of hydrogen-bond acceptors (Lipinski definition) is 4. The highest BCUT2D eigenvalue weighted by Crippen LogP contribution is 2.30. The Kier molecular flexibility index (Phi) is 6.22. The van der Waals surface area contributed by atoms with E-state index in [9.17, 15) is 18.0 Å². The molecular weight excluding hydrogens is 390 g/mol. The number of sulfonamides is 1. The Labute approximate surface area is 171 Å². The monoisotopic (exact) mass is 415 g/mol. The van der Waals surface area contributed by atoms with Crippen LogP contribution in [0.1, 0.15) is 41.6 Å². The van der Waals surface area contributed by atoms with Crippen LogP contribution in [0.2, 0.25) is 0 Å². The third kappa shape index (κ3) is 5.57. The fraction of sp³-hybridized carbons (Fsp3) is 0.333. The van der Waals surface area contributed by atoms with Gasteiger partial charge >= 0.3 is 0 Å². The minimum atomic E-state index is -3.55. The number of likely N-dealkylation sites (tertiary alicyclic amines) is 1. The second-order valence-corrected chi connectivity index (χ2v) is 9.04. The van der Waals surface area contributed by atoms with Crippen LogP contribution >= 0.6 is 0 Å². The molecule has 2 aromatic carbocycles. The van der Waals surface area contributed by atoms with E-state index in [4.69, 9.17) is 0 Å². The lowest BCUT2D eigenvalue weighted by Gasteiger charge is -2.32. The first-order chi connectivity index (χ1) is 13.7. The Morgan fingerprint density at radius 2 is 1.69 bits per heavy atom. The van der Waals surface area contributed by atoms with Crippen molar-refractivity contribution in [2.24, 2.45) is 0 Å². The lowest BCUT2D eigenvalue weighted by Crippen LogP contribution is -2.38. The third-order valence-electron chi connectivity index (χ3n) is 4.92. The van der Waals surface area contributed by atoms with E-state index in [1.165, 1.54) is 24.6 Å². The van der Waals surface area contributed by atoms with E-state index >= 15 is 0 Å². The van der Waals surface area contributed by atoms with Gasteiger partial charge in [-0.3, -0.25) is 14.3 Å². The van der Waals surface area contributed by atoms with Crippen LogP contribution in [0.3, 0.4) is 0 Å². The molecule has 0 saturated carbocycles. The number of carbonyl (C=O) groups is 2. The lowest BCUT2D eigenvalue weighted by atomic mass is 9.89. The first-order valence-electron chi connectivity index (χ1n) is 9.46. The van der Waals surface area contributed by atoms with E-state index < -0.39 is 10.0 Å². The summed E-state index contributed by atoms with van der Waals surface area (Å²) in [6.07, 6.45) is 2.72. The number of nitrogens with one attached hydrogen (secondary N) is 2. The van der Waals surface area contributed by atoms with E-state index in [0.717, 1.165) is 19.1 Å². The van der Waals surface area contributed by atoms with Gasteiger partial charge in [0.15, 0.2) is 0 Å². The van der Waals surface area contributed by atoms with Gasteiger partial charge in [-0.05, 0) is 42.5 Å². The van der Waals surface area contributed by atoms with Gasteiger partial charge in [0.1, 0.15) is 0 Å². The van der Waals surface area contributed by atoms with Crippen molar-refractivity contribution in [2.75, 3.05) is 29.4 Å². The van der Waals surface area contributed by atoms with E-state index in [-0.39, 0.29) is 23.1 Å². The molecule has 2 aromatic rings. The average molecular weight is 416 g/mol. The molecule has 1 aliphatic rings. The molecule has 0 unspecified atom stereocenters. The normalized spacial score (nSPS) is 15.0. The molecule has 1 heterocycles. The van der Waals surface area contributed by atoms with Crippen LogP contribution in [0, 0.1) is 0 Å². The van der Waals surface area contributed by atoms with Gasteiger partial charge in [-0.25, -0.2) is 8.42 Å². The number of rotatable bonds is 5. The zero-order valence-electron chi connectivity index (χ0n) is 16.5. The van der Waals surface area contributed by atoms with Crippen LogP contribution in [-0.4, -0.2) is 44.5 Å². The van der Waals surface area contributed by atoms with Gasteiger partial charge in [0.25, 0.3) is 5.91 Å². The number of anilines is 2. The molecule has 0 aromatic heterocycles. The van der Waals surface area contributed by atoms with Crippen molar-refractivity contribution in [3.63, 3.8) is 0 Å². The van der Waals surface area contributed by atoms with E-state index in [0.29, 0.717) is 24.7 Å². The molecule has 3 rings (SSSR count). The maximum atomic E-state index is 13.2. The van der Waals surface area contributed by atoms with Crippen LogP contribution in [0.15, 0.2) is 48.5 Å². The molecule has 154 valence electrons. The molecule has 8 heteroatoms. The Hall–Kier alpha value is -2.87. The van der Waals surface area contributed by atoms with Gasteiger partial charge < -0.3 is 10.2 Å². The summed E-state index contributed by atoms with van der Waals surface area (Å²) < 4.78 is 25.8. The number of carbonyl (C=O) groups excluding carboxylic acids is 2. The molecule has 0 atom stereocenters. The fourth-order valence-corrected chi connectivity index (χ4v) is 4.18. The highest BCUT2D eigenvalue weighted by atomic mass is 32.2. The highest BCUT2D eigenvalue weighted by molar-refractivity contribution is 7.92. The first kappa shape index (κ1) is 20.9. The van der Waals surface area contributed by atoms with Crippen LogP contribution in [0.4, 0.5) is 11.4 Å². The van der Waals surface area contributed by atoms with Crippen LogP contribution in [-0.2, 0) is 14.8 Å². The maximum absolute atomic E-state index is 13.2. The Morgan fingerprint density at radius 3 is 2.28 bits per heavy atom. The molecular formula is C21H25N3O4S. The SMILES string of the molecule is CC(=O)Nc1ccc(NS(C)(=O)=O)c(C(=O)N2CCC(c3ccccc3)CC2)c1. The van der Waals surface area contributed by atoms with Crippen molar-refractivity contribution < 1.29 is 18.0 Å². The highest BCUT2D eigenvalue weighted by Gasteiger charge is 2.26. The number of amides is 2. The molecule has 2 N–H and O–H groups in total. The smallest absolute Gasteiger partial charge is 0.256 e. The van der Waals surface area contributed by atoms with Gasteiger partial charge in [-0.15, -0.1) is 0 Å². The quantitative estimate of drug-likeness (QED) is 0.785. The molecule has 0 radical (unpaired) electrons. The van der Waals surface area contributed by atoms with Crippen molar-refractivity contribution in [1.82, 2.24) is 4.90 Å². The van der Waals surface area contributed by atoms with Crippen LogP contribution in [0.5, 0.6) is 0 Å². The summed E-state index contributed by atoms with van der Waals surface area (Å²) in [5, 5.41) is 2.63. The van der Waals surface area contributed by atoms with Gasteiger partial charge in [-0.2, -0.15) is 0 Å². The summed E-state index contributed by atoms with van der Waals surface area (Å²) in [6.45, 7) is 2.54. The van der Waals surface area contributed by atoms with Crippen LogP contribution in [0.25, 0.3) is 0 Å². The van der Waals surface area contributed by atoms with Gasteiger partial charge in [0.2, 0.25) is 15.9 Å². The standard InChI is InChI=1S/C21H25N3O4S/c1-15(25)22-18-8-9-20(23-29(2,27)28)19(14-18)21(26)24-12-10-17(11-13-24)16-6-4-3-5-7-16/h3-9,14,17,23H,10-13H2,1-2H3,(H,22,25). The van der Waals surface area contributed by atoms with Crippen molar-refractivity contribution >= 4 is 33.2 Å². The summed E-state index contributed by atoms with van der Waals surface area (Å²) in [4.78, 5) is 26.3. The van der Waals surface area contributed by atoms with Crippen LogP contribution < -0.4 is 10.0 Å². The van der Waals surface area contributed by atoms with Crippen molar-refractivity contribution in [2.45, 2.75) is 25.7 Å². The lowest BCUT2D eigenvalue weighted by molar-refractivity contribution is -0.114. The fourth-order valence-electron chi connectivity index (χ4n) is 3.60. The largest absolute Gasteiger partial charge is 0.339 e. The van der Waals surface area contributed by atoms with E-state index in [2.05, 4.69) is 22.2 Å². The molecule has 0 bridgehead atoms. The maximum Gasteiger partial charge on any atom is 0.256 e. The average Bonchev–Trinajstić information content (AvgIpc) is 2.68. The van der Waals surface area contributed by atoms with Gasteiger partial charge in [0, 0.05) is 25.7 Å². The molecule has 7 nitrogen and oxygen atoms in total. The third-order valence-corrected chi connectivity index (χ3v) is 5.51. The Bertz CT molecular complexity index is 998. The number of piperidine rings is 1. The predicted octanol–water partition coefficient (Wildman–Crippen LogP) is 3.04. The number of hydrogen-bond donors (Lipinski definition) is 2. The van der Waals surface area contributed by atoms with E-state index in [1.807, 2.05) is 18.2 Å². The van der Waals surface area contributed by atoms with Gasteiger partial charge in [0.05, 0.1) is 17.5 Å². The predicted molar refractivity (Wildman–Crippen MR) is 114 cm³/mol. The molecule has 1 fully saturated rings. The van der Waals surface area contributed by atoms with Crippen molar-refractivity contribution in [3.8, 4) is 0 Å². The zero-order valence-corrected chi connectivity index (χ0v) is 17.3. The summed E-state index contributed by atoms with van der Waals surface area (Å²) in [7, 11) is -3.55. The van der Waals surface area contributed by atoms with Crippen molar-refractivity contribution in [3.05, 3.63) is 59.7 Å². The van der Waals surface area contributed by atoms with Gasteiger partial charge in [-0.1, -0.05) is 30.3 Å². The Morgan fingerprint density at radius 1 is 1.03 bits per heavy atom. The second kappa shape index (κ2) is 8.65. The molecule has 1 aliphatic heterocycles. The topological polar surface area (TPSA) is 95.6 Å².